The Morgan fingerprint density at radius 3 is 2.44 bits per heavy atom. The third kappa shape index (κ3) is 2.27. The van der Waals surface area contributed by atoms with E-state index in [0.717, 1.165) is 19.1 Å². The fraction of sp³-hybridized carbons (Fsp3) is 1.00. The Kier molecular flexibility index (Phi) is 4.22. The standard InChI is InChI=1S/C13H26N2O/c1-2-13(7-3-4-8-13)12(15-14)11-5-9-16-10-6-11/h11-12,15H,2-10,14H2,1H3. The molecule has 0 bridgehead atoms. The van der Waals surface area contributed by atoms with Crippen molar-refractivity contribution in [3.63, 3.8) is 0 Å². The maximum atomic E-state index is 5.85. The first-order chi connectivity index (χ1) is 7.82. The van der Waals surface area contributed by atoms with Crippen LogP contribution < -0.4 is 11.3 Å². The summed E-state index contributed by atoms with van der Waals surface area (Å²) < 4.78 is 5.45. The Labute approximate surface area is 99.1 Å². The van der Waals surface area contributed by atoms with Crippen LogP contribution in [-0.4, -0.2) is 19.3 Å². The summed E-state index contributed by atoms with van der Waals surface area (Å²) in [6.45, 7) is 4.17. The Bertz CT molecular complexity index is 208. The van der Waals surface area contributed by atoms with Crippen molar-refractivity contribution in [2.24, 2.45) is 17.2 Å². The zero-order valence-electron chi connectivity index (χ0n) is 10.5. The molecular formula is C13H26N2O. The number of hydrogen-bond donors (Lipinski definition) is 2. The lowest BCUT2D eigenvalue weighted by molar-refractivity contribution is 0.0232. The van der Waals surface area contributed by atoms with Gasteiger partial charge in [0, 0.05) is 19.3 Å². The second kappa shape index (κ2) is 5.48. The molecule has 3 N–H and O–H groups in total. The van der Waals surface area contributed by atoms with Gasteiger partial charge in [-0.15, -0.1) is 0 Å². The summed E-state index contributed by atoms with van der Waals surface area (Å²) >= 11 is 0. The van der Waals surface area contributed by atoms with Crippen LogP contribution in [0.25, 0.3) is 0 Å². The first kappa shape index (κ1) is 12.3. The Hall–Kier alpha value is -0.120. The second-order valence-electron chi connectivity index (χ2n) is 5.52. The maximum absolute atomic E-state index is 5.85. The Morgan fingerprint density at radius 2 is 1.94 bits per heavy atom. The first-order valence-corrected chi connectivity index (χ1v) is 6.86. The van der Waals surface area contributed by atoms with E-state index in [1.54, 1.807) is 0 Å². The third-order valence-corrected chi connectivity index (χ3v) is 4.88. The highest BCUT2D eigenvalue weighted by atomic mass is 16.5. The minimum absolute atomic E-state index is 0.469. The topological polar surface area (TPSA) is 47.3 Å². The molecular weight excluding hydrogens is 200 g/mol. The van der Waals surface area contributed by atoms with Crippen molar-refractivity contribution < 1.29 is 4.74 Å². The Morgan fingerprint density at radius 1 is 1.31 bits per heavy atom. The molecule has 0 aromatic carbocycles. The van der Waals surface area contributed by atoms with Crippen LogP contribution >= 0.6 is 0 Å². The normalized spacial score (nSPS) is 28.1. The van der Waals surface area contributed by atoms with E-state index >= 15 is 0 Å². The third-order valence-electron chi connectivity index (χ3n) is 4.88. The van der Waals surface area contributed by atoms with Crippen molar-refractivity contribution in [1.82, 2.24) is 5.43 Å². The summed E-state index contributed by atoms with van der Waals surface area (Å²) in [5, 5.41) is 0. The number of ether oxygens (including phenoxy) is 1. The average molecular weight is 226 g/mol. The molecule has 1 aliphatic heterocycles. The van der Waals surface area contributed by atoms with Crippen molar-refractivity contribution in [1.29, 1.82) is 0 Å². The van der Waals surface area contributed by atoms with Crippen molar-refractivity contribution >= 4 is 0 Å². The van der Waals surface area contributed by atoms with E-state index in [2.05, 4.69) is 12.3 Å². The van der Waals surface area contributed by atoms with E-state index in [1.807, 2.05) is 0 Å². The molecule has 2 fully saturated rings. The van der Waals surface area contributed by atoms with Gasteiger partial charge in [-0.2, -0.15) is 0 Å². The van der Waals surface area contributed by atoms with Crippen molar-refractivity contribution in [3.8, 4) is 0 Å². The molecule has 94 valence electrons. The molecule has 3 nitrogen and oxygen atoms in total. The Balaban J connectivity index is 2.06. The van der Waals surface area contributed by atoms with Crippen LogP contribution in [0.5, 0.6) is 0 Å². The number of hydrazine groups is 1. The summed E-state index contributed by atoms with van der Waals surface area (Å²) in [6.07, 6.45) is 9.10. The molecule has 0 amide bonds. The fourth-order valence-corrected chi connectivity index (χ4v) is 3.83. The number of nitrogens with two attached hydrogens (primary N) is 1. The van der Waals surface area contributed by atoms with Crippen LogP contribution in [-0.2, 0) is 4.74 Å². The smallest absolute Gasteiger partial charge is 0.0469 e. The van der Waals surface area contributed by atoms with Crippen LogP contribution in [0, 0.1) is 11.3 Å². The highest BCUT2D eigenvalue weighted by molar-refractivity contribution is 4.96. The van der Waals surface area contributed by atoms with Crippen molar-refractivity contribution in [2.45, 2.75) is 57.9 Å². The maximum Gasteiger partial charge on any atom is 0.0469 e. The van der Waals surface area contributed by atoms with Gasteiger partial charge < -0.3 is 4.74 Å². The largest absolute Gasteiger partial charge is 0.381 e. The summed E-state index contributed by atoms with van der Waals surface area (Å²) in [5.41, 5.74) is 3.62. The summed E-state index contributed by atoms with van der Waals surface area (Å²) in [4.78, 5) is 0. The van der Waals surface area contributed by atoms with Crippen LogP contribution in [0.3, 0.4) is 0 Å². The van der Waals surface area contributed by atoms with Crippen LogP contribution in [0.2, 0.25) is 0 Å². The molecule has 0 aromatic heterocycles. The molecule has 1 aliphatic carbocycles. The van der Waals surface area contributed by atoms with Gasteiger partial charge in [0.1, 0.15) is 0 Å². The minimum atomic E-state index is 0.469. The lowest BCUT2D eigenvalue weighted by atomic mass is 9.69. The molecule has 16 heavy (non-hydrogen) atoms. The van der Waals surface area contributed by atoms with Crippen LogP contribution in [0.4, 0.5) is 0 Å². The number of nitrogens with one attached hydrogen (secondary N) is 1. The van der Waals surface area contributed by atoms with E-state index in [0.29, 0.717) is 11.5 Å². The average Bonchev–Trinajstić information content (AvgIpc) is 2.81. The van der Waals surface area contributed by atoms with Gasteiger partial charge in [-0.05, 0) is 43.4 Å². The highest BCUT2D eigenvalue weighted by Crippen LogP contribution is 2.47. The number of rotatable bonds is 4. The first-order valence-electron chi connectivity index (χ1n) is 6.86. The molecule has 2 aliphatic rings. The monoisotopic (exact) mass is 226 g/mol. The summed E-state index contributed by atoms with van der Waals surface area (Å²) in [7, 11) is 0. The van der Waals surface area contributed by atoms with Gasteiger partial charge in [0.05, 0.1) is 0 Å². The van der Waals surface area contributed by atoms with E-state index in [-0.39, 0.29) is 0 Å². The summed E-state index contributed by atoms with van der Waals surface area (Å²) in [5.74, 6) is 6.57. The second-order valence-corrected chi connectivity index (χ2v) is 5.52. The molecule has 3 heteroatoms. The molecule has 0 aromatic rings. The van der Waals surface area contributed by atoms with Gasteiger partial charge in [0.25, 0.3) is 0 Å². The van der Waals surface area contributed by atoms with Gasteiger partial charge in [0.2, 0.25) is 0 Å². The van der Waals surface area contributed by atoms with Gasteiger partial charge in [-0.25, -0.2) is 0 Å². The summed E-state index contributed by atoms with van der Waals surface area (Å²) in [6, 6.07) is 0.504. The predicted octanol–water partition coefficient (Wildman–Crippen LogP) is 2.22. The van der Waals surface area contributed by atoms with Gasteiger partial charge in [-0.3, -0.25) is 11.3 Å². The van der Waals surface area contributed by atoms with Crippen LogP contribution in [0.15, 0.2) is 0 Å². The predicted molar refractivity (Wildman–Crippen MR) is 65.8 cm³/mol. The molecule has 1 heterocycles. The van der Waals surface area contributed by atoms with E-state index < -0.39 is 0 Å². The minimum Gasteiger partial charge on any atom is -0.381 e. The zero-order chi connectivity index (χ0) is 11.4. The van der Waals surface area contributed by atoms with Crippen molar-refractivity contribution in [2.75, 3.05) is 13.2 Å². The molecule has 2 rings (SSSR count). The van der Waals surface area contributed by atoms with E-state index in [9.17, 15) is 0 Å². The van der Waals surface area contributed by atoms with E-state index in [1.165, 1.54) is 44.9 Å². The lowest BCUT2D eigenvalue weighted by Gasteiger charge is -2.42. The van der Waals surface area contributed by atoms with Gasteiger partial charge >= 0.3 is 0 Å². The number of hydrogen-bond acceptors (Lipinski definition) is 3. The SMILES string of the molecule is CCC1(C(NN)C2CCOCC2)CCCC1. The van der Waals surface area contributed by atoms with Gasteiger partial charge in [0.15, 0.2) is 0 Å². The quantitative estimate of drug-likeness (QED) is 0.571. The van der Waals surface area contributed by atoms with Crippen LogP contribution in [0.1, 0.15) is 51.9 Å². The molecule has 0 spiro atoms. The van der Waals surface area contributed by atoms with Crippen molar-refractivity contribution in [3.05, 3.63) is 0 Å². The lowest BCUT2D eigenvalue weighted by Crippen LogP contribution is -2.52. The molecule has 1 saturated carbocycles. The molecule has 1 atom stereocenters. The highest BCUT2D eigenvalue weighted by Gasteiger charge is 2.43. The molecule has 0 radical (unpaired) electrons. The molecule has 1 unspecified atom stereocenters. The fourth-order valence-electron chi connectivity index (χ4n) is 3.83. The molecule has 1 saturated heterocycles. The zero-order valence-corrected chi connectivity index (χ0v) is 10.5. The van der Waals surface area contributed by atoms with E-state index in [4.69, 9.17) is 10.6 Å². The van der Waals surface area contributed by atoms with Gasteiger partial charge in [-0.1, -0.05) is 19.8 Å².